The Morgan fingerprint density at radius 1 is 1.19 bits per heavy atom. The maximum Gasteiger partial charge on any atom is 0.219 e. The van der Waals surface area contributed by atoms with E-state index in [1.165, 1.54) is 0 Å². The number of benzene rings is 1. The third-order valence-corrected chi connectivity index (χ3v) is 5.55. The average Bonchev–Trinajstić information content (AvgIpc) is 3.07. The fraction of sp³-hybridized carbons (Fsp3) is 0.333. The van der Waals surface area contributed by atoms with Crippen molar-refractivity contribution in [3.05, 3.63) is 53.4 Å². The van der Waals surface area contributed by atoms with Crippen molar-refractivity contribution in [3.8, 4) is 17.0 Å². The van der Waals surface area contributed by atoms with E-state index < -0.39 is 0 Å². The van der Waals surface area contributed by atoms with Crippen LogP contribution in [0.2, 0.25) is 5.02 Å². The Balaban J connectivity index is 1.77. The third-order valence-electron chi connectivity index (χ3n) is 5.30. The van der Waals surface area contributed by atoms with Gasteiger partial charge in [0.1, 0.15) is 11.6 Å². The SMILES string of the molecule is COc1ccn2c(C3CCN(C(C)=O)CC3)nc(-c3ccc(Cl)cc3)c2c1. The van der Waals surface area contributed by atoms with Crippen LogP contribution in [0.5, 0.6) is 5.75 Å². The zero-order valence-electron chi connectivity index (χ0n) is 15.5. The molecule has 1 amide bonds. The molecule has 1 fully saturated rings. The van der Waals surface area contributed by atoms with E-state index in [9.17, 15) is 4.79 Å². The van der Waals surface area contributed by atoms with Crippen LogP contribution in [0.3, 0.4) is 0 Å². The molecule has 3 aromatic rings. The van der Waals surface area contributed by atoms with E-state index in [-0.39, 0.29) is 5.91 Å². The number of aromatic nitrogens is 2. The van der Waals surface area contributed by atoms with Crippen molar-refractivity contribution in [1.29, 1.82) is 0 Å². The Kier molecular flexibility index (Phi) is 4.79. The number of carbonyl (C=O) groups excluding carboxylic acids is 1. The van der Waals surface area contributed by atoms with Crippen LogP contribution in [-0.4, -0.2) is 40.4 Å². The van der Waals surface area contributed by atoms with Gasteiger partial charge in [0.15, 0.2) is 0 Å². The summed E-state index contributed by atoms with van der Waals surface area (Å²) < 4.78 is 7.57. The summed E-state index contributed by atoms with van der Waals surface area (Å²) in [6, 6.07) is 11.7. The maximum absolute atomic E-state index is 11.6. The quantitative estimate of drug-likeness (QED) is 0.673. The molecule has 6 heteroatoms. The molecular weight excluding hydrogens is 362 g/mol. The summed E-state index contributed by atoms with van der Waals surface area (Å²) in [5.74, 6) is 2.31. The summed E-state index contributed by atoms with van der Waals surface area (Å²) >= 11 is 6.05. The molecule has 0 atom stereocenters. The number of halogens is 1. The highest BCUT2D eigenvalue weighted by molar-refractivity contribution is 6.30. The predicted octanol–water partition coefficient (Wildman–Crippen LogP) is 4.39. The molecule has 1 aliphatic heterocycles. The molecule has 0 bridgehead atoms. The number of amides is 1. The van der Waals surface area contributed by atoms with E-state index in [1.54, 1.807) is 14.0 Å². The van der Waals surface area contributed by atoms with Crippen LogP contribution in [0.25, 0.3) is 16.8 Å². The molecule has 0 radical (unpaired) electrons. The van der Waals surface area contributed by atoms with Gasteiger partial charge < -0.3 is 14.0 Å². The molecular formula is C21H22ClN3O2. The molecule has 0 unspecified atom stereocenters. The van der Waals surface area contributed by atoms with Crippen LogP contribution in [0.15, 0.2) is 42.6 Å². The van der Waals surface area contributed by atoms with E-state index in [2.05, 4.69) is 4.40 Å². The van der Waals surface area contributed by atoms with Gasteiger partial charge in [-0.1, -0.05) is 23.7 Å². The largest absolute Gasteiger partial charge is 0.497 e. The van der Waals surface area contributed by atoms with Crippen LogP contribution in [0, 0.1) is 0 Å². The molecule has 0 saturated carbocycles. The maximum atomic E-state index is 11.6. The van der Waals surface area contributed by atoms with Gasteiger partial charge in [-0.2, -0.15) is 0 Å². The normalized spacial score (nSPS) is 15.3. The molecule has 5 nitrogen and oxygen atoms in total. The Labute approximate surface area is 163 Å². The van der Waals surface area contributed by atoms with Gasteiger partial charge in [0.25, 0.3) is 0 Å². The Morgan fingerprint density at radius 2 is 1.89 bits per heavy atom. The molecule has 0 spiro atoms. The van der Waals surface area contributed by atoms with Crippen LogP contribution in [0.1, 0.15) is 31.5 Å². The Hall–Kier alpha value is -2.53. The summed E-state index contributed by atoms with van der Waals surface area (Å²) in [6.07, 6.45) is 3.86. The minimum Gasteiger partial charge on any atom is -0.497 e. The van der Waals surface area contributed by atoms with Gasteiger partial charge in [-0.05, 0) is 31.0 Å². The Morgan fingerprint density at radius 3 is 2.52 bits per heavy atom. The van der Waals surface area contributed by atoms with Crippen molar-refractivity contribution < 1.29 is 9.53 Å². The zero-order valence-corrected chi connectivity index (χ0v) is 16.2. The molecule has 140 valence electrons. The number of hydrogen-bond acceptors (Lipinski definition) is 3. The number of hydrogen-bond donors (Lipinski definition) is 0. The van der Waals surface area contributed by atoms with Gasteiger partial charge in [-0.15, -0.1) is 0 Å². The molecule has 3 heterocycles. The summed E-state index contributed by atoms with van der Waals surface area (Å²) in [5, 5.41) is 0.705. The number of carbonyl (C=O) groups is 1. The second-order valence-electron chi connectivity index (χ2n) is 6.93. The lowest BCUT2D eigenvalue weighted by atomic mass is 9.96. The van der Waals surface area contributed by atoms with Gasteiger partial charge >= 0.3 is 0 Å². The summed E-state index contributed by atoms with van der Waals surface area (Å²) in [6.45, 7) is 3.19. The second kappa shape index (κ2) is 7.24. The summed E-state index contributed by atoms with van der Waals surface area (Å²) in [5.41, 5.74) is 2.97. The first-order valence-corrected chi connectivity index (χ1v) is 9.52. The molecule has 27 heavy (non-hydrogen) atoms. The van der Waals surface area contributed by atoms with Crippen molar-refractivity contribution in [1.82, 2.24) is 14.3 Å². The monoisotopic (exact) mass is 383 g/mol. The fourth-order valence-corrected chi connectivity index (χ4v) is 3.90. The van der Waals surface area contributed by atoms with Crippen molar-refractivity contribution in [2.75, 3.05) is 20.2 Å². The summed E-state index contributed by atoms with van der Waals surface area (Å²) in [7, 11) is 1.67. The number of fused-ring (bicyclic) bond motifs is 1. The topological polar surface area (TPSA) is 46.8 Å². The molecule has 2 aromatic heterocycles. The number of methoxy groups -OCH3 is 1. The lowest BCUT2D eigenvalue weighted by Gasteiger charge is -2.30. The van der Waals surface area contributed by atoms with Gasteiger partial charge in [-0.25, -0.2) is 4.98 Å². The molecule has 1 aliphatic rings. The zero-order chi connectivity index (χ0) is 19.0. The highest BCUT2D eigenvalue weighted by Crippen LogP contribution is 2.34. The highest BCUT2D eigenvalue weighted by Gasteiger charge is 2.26. The van der Waals surface area contributed by atoms with Crippen LogP contribution in [0.4, 0.5) is 0 Å². The van der Waals surface area contributed by atoms with Gasteiger partial charge in [0, 0.05) is 48.8 Å². The second-order valence-corrected chi connectivity index (χ2v) is 7.36. The van der Waals surface area contributed by atoms with Gasteiger partial charge in [0.2, 0.25) is 5.91 Å². The van der Waals surface area contributed by atoms with E-state index in [0.717, 1.165) is 54.3 Å². The van der Waals surface area contributed by atoms with Crippen LogP contribution in [-0.2, 0) is 4.79 Å². The van der Waals surface area contributed by atoms with Crippen LogP contribution >= 0.6 is 11.6 Å². The fourth-order valence-electron chi connectivity index (χ4n) is 3.78. The smallest absolute Gasteiger partial charge is 0.219 e. The lowest BCUT2D eigenvalue weighted by molar-refractivity contribution is -0.129. The minimum atomic E-state index is 0.146. The Bertz CT molecular complexity index is 973. The molecule has 4 rings (SSSR count). The minimum absolute atomic E-state index is 0.146. The molecule has 1 saturated heterocycles. The van der Waals surface area contributed by atoms with E-state index in [4.69, 9.17) is 21.3 Å². The van der Waals surface area contributed by atoms with Gasteiger partial charge in [-0.3, -0.25) is 4.79 Å². The van der Waals surface area contributed by atoms with Crippen molar-refractivity contribution in [2.24, 2.45) is 0 Å². The first-order valence-electron chi connectivity index (χ1n) is 9.14. The number of likely N-dealkylation sites (tertiary alicyclic amines) is 1. The number of ether oxygens (including phenoxy) is 1. The predicted molar refractivity (Wildman–Crippen MR) is 106 cm³/mol. The first kappa shape index (κ1) is 17.9. The first-order chi connectivity index (χ1) is 13.1. The number of imidazole rings is 1. The molecule has 0 aliphatic carbocycles. The lowest BCUT2D eigenvalue weighted by Crippen LogP contribution is -2.36. The third kappa shape index (κ3) is 3.39. The summed E-state index contributed by atoms with van der Waals surface area (Å²) in [4.78, 5) is 18.6. The number of piperidine rings is 1. The van der Waals surface area contributed by atoms with Crippen molar-refractivity contribution in [3.63, 3.8) is 0 Å². The van der Waals surface area contributed by atoms with E-state index in [0.29, 0.717) is 10.9 Å². The highest BCUT2D eigenvalue weighted by atomic mass is 35.5. The van der Waals surface area contributed by atoms with Crippen LogP contribution < -0.4 is 4.74 Å². The average molecular weight is 384 g/mol. The molecule has 0 N–H and O–H groups in total. The van der Waals surface area contributed by atoms with E-state index in [1.807, 2.05) is 47.5 Å². The van der Waals surface area contributed by atoms with Crippen molar-refractivity contribution >= 4 is 23.0 Å². The van der Waals surface area contributed by atoms with Crippen molar-refractivity contribution in [2.45, 2.75) is 25.7 Å². The molecule has 1 aromatic carbocycles. The number of rotatable bonds is 3. The standard InChI is InChI=1S/C21H22ClN3O2/c1-14(26)24-10-7-16(8-11-24)21-23-20(15-3-5-17(22)6-4-15)19-13-18(27-2)9-12-25(19)21/h3-6,9,12-13,16H,7-8,10-11H2,1-2H3. The van der Waals surface area contributed by atoms with E-state index >= 15 is 0 Å². The van der Waals surface area contributed by atoms with Gasteiger partial charge in [0.05, 0.1) is 18.3 Å². The number of nitrogens with zero attached hydrogens (tertiary/aromatic N) is 3. The number of pyridine rings is 1.